The van der Waals surface area contributed by atoms with Crippen LogP contribution in [0.4, 0.5) is 0 Å². The molecule has 0 radical (unpaired) electrons. The molecule has 3 rings (SSSR count). The fraction of sp³-hybridized carbons (Fsp3) is 0.318. The van der Waals surface area contributed by atoms with Crippen LogP contribution in [0.15, 0.2) is 60.8 Å². The predicted molar refractivity (Wildman–Crippen MR) is 105 cm³/mol. The highest BCUT2D eigenvalue weighted by molar-refractivity contribution is 5.84. The van der Waals surface area contributed by atoms with Crippen LogP contribution in [-0.4, -0.2) is 0 Å². The SMILES string of the molecule is C.CC.CC.Cc1ccccc1-c1cc2ccccc2c[n+]1C. The molecular formula is C22H32N+. The van der Waals surface area contributed by atoms with Crippen molar-refractivity contribution in [1.29, 1.82) is 0 Å². The molecule has 1 heteroatoms. The molecule has 1 aromatic heterocycles. The molecule has 0 spiro atoms. The summed E-state index contributed by atoms with van der Waals surface area (Å²) in [5, 5.41) is 2.56. The third-order valence-electron chi connectivity index (χ3n) is 3.42. The van der Waals surface area contributed by atoms with Crippen LogP contribution >= 0.6 is 0 Å². The van der Waals surface area contributed by atoms with E-state index in [1.54, 1.807) is 0 Å². The van der Waals surface area contributed by atoms with Crippen molar-refractivity contribution in [2.24, 2.45) is 7.05 Å². The normalized spacial score (nSPS) is 8.96. The molecule has 124 valence electrons. The summed E-state index contributed by atoms with van der Waals surface area (Å²) >= 11 is 0. The minimum atomic E-state index is 0. The third kappa shape index (κ3) is 4.92. The van der Waals surface area contributed by atoms with Crippen LogP contribution in [0, 0.1) is 6.92 Å². The van der Waals surface area contributed by atoms with Crippen molar-refractivity contribution in [2.75, 3.05) is 0 Å². The zero-order valence-corrected chi connectivity index (χ0v) is 14.7. The third-order valence-corrected chi connectivity index (χ3v) is 3.42. The summed E-state index contributed by atoms with van der Waals surface area (Å²) in [6.45, 7) is 10.2. The molecular weight excluding hydrogens is 278 g/mol. The van der Waals surface area contributed by atoms with E-state index >= 15 is 0 Å². The Hall–Kier alpha value is -2.15. The summed E-state index contributed by atoms with van der Waals surface area (Å²) in [5.74, 6) is 0. The van der Waals surface area contributed by atoms with Gasteiger partial charge in [-0.3, -0.25) is 0 Å². The van der Waals surface area contributed by atoms with Gasteiger partial charge >= 0.3 is 0 Å². The largest absolute Gasteiger partial charge is 0.213 e. The van der Waals surface area contributed by atoms with Crippen molar-refractivity contribution in [2.45, 2.75) is 42.0 Å². The first kappa shape index (κ1) is 20.9. The van der Waals surface area contributed by atoms with Gasteiger partial charge in [-0.1, -0.05) is 71.5 Å². The van der Waals surface area contributed by atoms with Crippen molar-refractivity contribution < 1.29 is 4.57 Å². The monoisotopic (exact) mass is 310 g/mol. The van der Waals surface area contributed by atoms with Crippen LogP contribution in [0.3, 0.4) is 0 Å². The minimum absolute atomic E-state index is 0. The summed E-state index contributed by atoms with van der Waals surface area (Å²) in [6.07, 6.45) is 2.19. The average Bonchev–Trinajstić information content (AvgIpc) is 2.58. The summed E-state index contributed by atoms with van der Waals surface area (Å²) in [5.41, 5.74) is 3.86. The van der Waals surface area contributed by atoms with Gasteiger partial charge in [-0.15, -0.1) is 0 Å². The molecule has 0 amide bonds. The Kier molecular flexibility index (Phi) is 9.57. The highest BCUT2D eigenvalue weighted by Gasteiger charge is 2.12. The molecule has 2 aromatic carbocycles. The van der Waals surface area contributed by atoms with Gasteiger partial charge in [0.1, 0.15) is 7.05 Å². The van der Waals surface area contributed by atoms with E-state index < -0.39 is 0 Å². The smallest absolute Gasteiger partial charge is 0.200 e. The number of aryl methyl sites for hydroxylation is 2. The van der Waals surface area contributed by atoms with Gasteiger partial charge in [0.05, 0.1) is 0 Å². The maximum Gasteiger partial charge on any atom is 0.213 e. The Morgan fingerprint density at radius 2 is 1.26 bits per heavy atom. The van der Waals surface area contributed by atoms with Crippen molar-refractivity contribution in [3.05, 3.63) is 66.4 Å². The molecule has 0 aliphatic heterocycles. The molecule has 23 heavy (non-hydrogen) atoms. The number of fused-ring (bicyclic) bond motifs is 1. The van der Waals surface area contributed by atoms with E-state index in [9.17, 15) is 0 Å². The average molecular weight is 311 g/mol. The molecule has 0 unspecified atom stereocenters. The molecule has 0 N–H and O–H groups in total. The van der Waals surface area contributed by atoms with Crippen molar-refractivity contribution in [3.8, 4) is 11.3 Å². The summed E-state index contributed by atoms with van der Waals surface area (Å²) in [4.78, 5) is 0. The maximum atomic E-state index is 2.26. The van der Waals surface area contributed by atoms with Crippen molar-refractivity contribution >= 4 is 10.8 Å². The van der Waals surface area contributed by atoms with Crippen molar-refractivity contribution in [3.63, 3.8) is 0 Å². The van der Waals surface area contributed by atoms with E-state index in [1.165, 1.54) is 27.6 Å². The second-order valence-electron chi connectivity index (χ2n) is 4.71. The predicted octanol–water partition coefficient (Wildman–Crippen LogP) is 6.33. The topological polar surface area (TPSA) is 3.88 Å². The number of benzene rings is 2. The molecule has 0 fully saturated rings. The number of aromatic nitrogens is 1. The Labute approximate surface area is 142 Å². The number of rotatable bonds is 1. The van der Waals surface area contributed by atoms with Crippen LogP contribution in [0.5, 0.6) is 0 Å². The molecule has 3 aromatic rings. The first-order valence-corrected chi connectivity index (χ1v) is 8.20. The second kappa shape index (κ2) is 10.6. The number of nitrogens with zero attached hydrogens (tertiary/aromatic N) is 1. The lowest BCUT2D eigenvalue weighted by molar-refractivity contribution is -0.659. The molecule has 0 saturated carbocycles. The van der Waals surface area contributed by atoms with Gasteiger partial charge < -0.3 is 0 Å². The Balaban J connectivity index is 0.000000901. The molecule has 0 bridgehead atoms. The molecule has 0 atom stereocenters. The maximum absolute atomic E-state index is 2.26. The first-order chi connectivity index (χ1) is 10.8. The standard InChI is InChI=1S/C17H16N.2C2H6.CH4/c1-13-7-3-6-10-16(13)17-11-14-8-4-5-9-15(14)12-18(17)2;2*1-2;/h3-12H,1-2H3;2*1-2H3;1H4/q+1;;;. The fourth-order valence-corrected chi connectivity index (χ4v) is 2.42. The van der Waals surface area contributed by atoms with E-state index in [1.807, 2.05) is 27.7 Å². The van der Waals surface area contributed by atoms with E-state index in [-0.39, 0.29) is 7.43 Å². The van der Waals surface area contributed by atoms with Gasteiger partial charge in [0.2, 0.25) is 5.69 Å². The minimum Gasteiger partial charge on any atom is -0.200 e. The van der Waals surface area contributed by atoms with Crippen LogP contribution < -0.4 is 4.57 Å². The zero-order chi connectivity index (χ0) is 16.5. The van der Waals surface area contributed by atoms with Gasteiger partial charge in [0.25, 0.3) is 0 Å². The molecule has 0 aliphatic carbocycles. The van der Waals surface area contributed by atoms with Crippen LogP contribution in [0.2, 0.25) is 0 Å². The van der Waals surface area contributed by atoms with Gasteiger partial charge in [0, 0.05) is 17.0 Å². The number of hydrogen-bond acceptors (Lipinski definition) is 0. The van der Waals surface area contributed by atoms with E-state index in [4.69, 9.17) is 0 Å². The quantitative estimate of drug-likeness (QED) is 0.462. The van der Waals surface area contributed by atoms with E-state index in [0.29, 0.717) is 0 Å². The lowest BCUT2D eigenvalue weighted by Crippen LogP contribution is -2.30. The molecule has 1 heterocycles. The Morgan fingerprint density at radius 3 is 1.87 bits per heavy atom. The highest BCUT2D eigenvalue weighted by atomic mass is 14.9. The van der Waals surface area contributed by atoms with E-state index in [2.05, 4.69) is 79.3 Å². The summed E-state index contributed by atoms with van der Waals surface area (Å²) in [7, 11) is 2.11. The fourth-order valence-electron chi connectivity index (χ4n) is 2.42. The lowest BCUT2D eigenvalue weighted by Gasteiger charge is -2.05. The van der Waals surface area contributed by atoms with Crippen LogP contribution in [0.25, 0.3) is 22.0 Å². The Bertz CT molecular complexity index is 714. The molecule has 0 saturated heterocycles. The van der Waals surface area contributed by atoms with Crippen LogP contribution in [0.1, 0.15) is 40.7 Å². The van der Waals surface area contributed by atoms with Gasteiger partial charge in [0.15, 0.2) is 6.20 Å². The summed E-state index contributed by atoms with van der Waals surface area (Å²) in [6, 6.07) is 19.3. The zero-order valence-electron chi connectivity index (χ0n) is 14.7. The van der Waals surface area contributed by atoms with Gasteiger partial charge in [-0.25, -0.2) is 4.57 Å². The van der Waals surface area contributed by atoms with Gasteiger partial charge in [-0.05, 0) is 30.0 Å². The number of pyridine rings is 1. The molecule has 1 nitrogen and oxygen atoms in total. The Morgan fingerprint density at radius 1 is 0.739 bits per heavy atom. The first-order valence-electron chi connectivity index (χ1n) is 8.20. The van der Waals surface area contributed by atoms with Crippen molar-refractivity contribution in [1.82, 2.24) is 0 Å². The number of hydrogen-bond donors (Lipinski definition) is 0. The highest BCUT2D eigenvalue weighted by Crippen LogP contribution is 2.23. The van der Waals surface area contributed by atoms with Crippen LogP contribution in [-0.2, 0) is 7.05 Å². The summed E-state index contributed by atoms with van der Waals surface area (Å²) < 4.78 is 2.20. The van der Waals surface area contributed by atoms with E-state index in [0.717, 1.165) is 0 Å². The second-order valence-corrected chi connectivity index (χ2v) is 4.71. The molecule has 0 aliphatic rings. The van der Waals surface area contributed by atoms with Gasteiger partial charge in [-0.2, -0.15) is 0 Å². The lowest BCUT2D eigenvalue weighted by atomic mass is 10.0.